The van der Waals surface area contributed by atoms with Gasteiger partial charge in [0, 0.05) is 62.3 Å². The van der Waals surface area contributed by atoms with Crippen LogP contribution in [0.15, 0.2) is 18.2 Å². The fourth-order valence-electron chi connectivity index (χ4n) is 7.33. The van der Waals surface area contributed by atoms with E-state index in [0.29, 0.717) is 32.2 Å². The van der Waals surface area contributed by atoms with Crippen LogP contribution in [0.25, 0.3) is 0 Å². The van der Waals surface area contributed by atoms with Gasteiger partial charge in [-0.25, -0.2) is 0 Å². The average Bonchev–Trinajstić information content (AvgIpc) is 3.10. The Balaban J connectivity index is 1.37. The van der Waals surface area contributed by atoms with Gasteiger partial charge in [-0.2, -0.15) is 0 Å². The van der Waals surface area contributed by atoms with Crippen molar-refractivity contribution < 1.29 is 73.2 Å². The van der Waals surface area contributed by atoms with Crippen molar-refractivity contribution in [2.75, 3.05) is 20.3 Å². The number of rotatable bonds is 14. The van der Waals surface area contributed by atoms with Crippen LogP contribution in [0, 0.1) is 0 Å². The lowest BCUT2D eigenvalue weighted by Gasteiger charge is -2.43. The molecular weight excluding hydrogens is 698 g/mol. The lowest BCUT2D eigenvalue weighted by Crippen LogP contribution is -2.54. The smallest absolute Gasteiger partial charge is 0.305 e. The quantitative estimate of drug-likeness (QED) is 0.0595. The molecule has 0 aromatic heterocycles. The number of phenolic OH excluding ortho intramolecular Hbond substituents is 2. The van der Waals surface area contributed by atoms with E-state index >= 15 is 0 Å². The zero-order valence-corrected chi connectivity index (χ0v) is 29.9. The topological polar surface area (TPSA) is 245 Å². The number of aliphatic hydroxyl groups is 3. The summed E-state index contributed by atoms with van der Waals surface area (Å²) in [5.74, 6) is -5.05. The number of ketones is 3. The van der Waals surface area contributed by atoms with E-state index < -0.39 is 114 Å². The van der Waals surface area contributed by atoms with Gasteiger partial charge >= 0.3 is 11.9 Å². The summed E-state index contributed by atoms with van der Waals surface area (Å²) in [6.45, 7) is 3.46. The fourth-order valence-corrected chi connectivity index (χ4v) is 7.33. The van der Waals surface area contributed by atoms with Crippen molar-refractivity contribution in [3.8, 4) is 17.2 Å². The molecule has 288 valence electrons. The molecule has 3 aliphatic rings. The van der Waals surface area contributed by atoms with Crippen LogP contribution in [0.3, 0.4) is 0 Å². The number of ether oxygens (including phenoxy) is 5. The van der Waals surface area contributed by atoms with Crippen LogP contribution in [0.1, 0.15) is 108 Å². The first-order valence-corrected chi connectivity index (χ1v) is 17.4. The zero-order chi connectivity index (χ0) is 38.8. The van der Waals surface area contributed by atoms with Gasteiger partial charge in [-0.15, -0.1) is 0 Å². The molecule has 0 saturated carbocycles. The maximum Gasteiger partial charge on any atom is 0.305 e. The number of carbonyl (C=O) groups is 5. The Morgan fingerprint density at radius 1 is 1.00 bits per heavy atom. The highest BCUT2D eigenvalue weighted by atomic mass is 16.7. The van der Waals surface area contributed by atoms with Crippen molar-refractivity contribution in [2.45, 2.75) is 108 Å². The van der Waals surface area contributed by atoms with Crippen molar-refractivity contribution >= 4 is 29.3 Å². The predicted molar refractivity (Wildman–Crippen MR) is 181 cm³/mol. The van der Waals surface area contributed by atoms with Gasteiger partial charge in [0.2, 0.25) is 12.1 Å². The van der Waals surface area contributed by atoms with Gasteiger partial charge in [-0.3, -0.25) is 24.0 Å². The minimum absolute atomic E-state index is 0.0599. The second-order valence-corrected chi connectivity index (χ2v) is 13.6. The highest BCUT2D eigenvalue weighted by Crippen LogP contribution is 2.52. The minimum atomic E-state index is -2.30. The van der Waals surface area contributed by atoms with Crippen LogP contribution < -0.4 is 10.1 Å². The number of aromatic hydroxyl groups is 2. The second kappa shape index (κ2) is 16.3. The number of esters is 2. The summed E-state index contributed by atoms with van der Waals surface area (Å²) in [7, 11) is 1.32. The van der Waals surface area contributed by atoms with E-state index in [2.05, 4.69) is 5.32 Å². The van der Waals surface area contributed by atoms with E-state index in [9.17, 15) is 49.5 Å². The summed E-state index contributed by atoms with van der Waals surface area (Å²) in [6, 6.07) is 3.78. The number of unbranched alkanes of at least 4 members (excludes halogenated alkanes) is 2. The van der Waals surface area contributed by atoms with E-state index in [1.807, 2.05) is 0 Å². The molecule has 5 rings (SSSR count). The Hall–Kier alpha value is -4.45. The van der Waals surface area contributed by atoms with E-state index in [1.54, 1.807) is 6.92 Å². The number of Topliss-reactive ketones (excluding diaryl/α,β-unsaturated/α-hetero) is 1. The van der Waals surface area contributed by atoms with Crippen LogP contribution in [0.5, 0.6) is 17.2 Å². The molecule has 2 aromatic rings. The number of nitrogens with one attached hydrogen (secondary N) is 1. The molecule has 1 heterocycles. The molecule has 0 spiro atoms. The Morgan fingerprint density at radius 3 is 2.32 bits per heavy atom. The van der Waals surface area contributed by atoms with E-state index in [-0.39, 0.29) is 34.4 Å². The third kappa shape index (κ3) is 8.07. The van der Waals surface area contributed by atoms with Crippen LogP contribution in [-0.2, 0) is 39.8 Å². The number of phenols is 2. The van der Waals surface area contributed by atoms with Crippen LogP contribution >= 0.6 is 0 Å². The third-order valence-electron chi connectivity index (χ3n) is 9.88. The first-order chi connectivity index (χ1) is 25.1. The van der Waals surface area contributed by atoms with Crippen molar-refractivity contribution in [3.63, 3.8) is 0 Å². The molecule has 0 radical (unpaired) electrons. The third-order valence-corrected chi connectivity index (χ3v) is 9.88. The van der Waals surface area contributed by atoms with Gasteiger partial charge in [0.05, 0.1) is 42.1 Å². The van der Waals surface area contributed by atoms with Crippen molar-refractivity contribution in [3.05, 3.63) is 51.6 Å². The van der Waals surface area contributed by atoms with Crippen molar-refractivity contribution in [1.29, 1.82) is 0 Å². The predicted octanol–water partition coefficient (Wildman–Crippen LogP) is 1.64. The Labute approximate surface area is 304 Å². The Bertz CT molecular complexity index is 1760. The summed E-state index contributed by atoms with van der Waals surface area (Å²) in [4.78, 5) is 63.1. The molecule has 6 atom stereocenters. The zero-order valence-electron chi connectivity index (χ0n) is 29.9. The van der Waals surface area contributed by atoms with Crippen LogP contribution in [0.4, 0.5) is 0 Å². The van der Waals surface area contributed by atoms with Gasteiger partial charge in [-0.05, 0) is 32.4 Å². The molecule has 2 aliphatic carbocycles. The number of aliphatic hydroxyl groups excluding tert-OH is 2. The van der Waals surface area contributed by atoms with E-state index in [1.165, 1.54) is 39.2 Å². The molecule has 16 heteroatoms. The lowest BCUT2D eigenvalue weighted by atomic mass is 9.72. The van der Waals surface area contributed by atoms with Gasteiger partial charge in [-0.1, -0.05) is 18.6 Å². The standard InChI is InChI=1S/C37H45NO15/c1-17-32(43)22(38-12-7-5-6-11-26(51-18(2)40)52-19(3)41)13-27(50-17)53-24-15-37(48,25(42)16-39)14-21-29(24)36(47)31-30(34(21)45)33(44)20-9-8-10-23(49-4)28(20)35(31)46/h8-10,17,22,24,26-27,32,38-39,43,45,47-48H,5-7,11-16H2,1-4H3/t17-,22-,24?,27-,32+,37?/m0/s1. The maximum absolute atomic E-state index is 13.9. The molecule has 1 fully saturated rings. The molecule has 16 nitrogen and oxygen atoms in total. The minimum Gasteiger partial charge on any atom is -0.507 e. The average molecular weight is 744 g/mol. The number of carbonyl (C=O) groups excluding carboxylic acids is 5. The highest BCUT2D eigenvalue weighted by molar-refractivity contribution is 6.31. The first kappa shape index (κ1) is 39.8. The van der Waals surface area contributed by atoms with Crippen LogP contribution in [-0.4, -0.2) is 112 Å². The molecule has 0 bridgehead atoms. The Morgan fingerprint density at radius 2 is 1.68 bits per heavy atom. The fraction of sp³-hybridized carbons (Fsp3) is 0.541. The lowest BCUT2D eigenvalue weighted by molar-refractivity contribution is -0.249. The molecule has 1 saturated heterocycles. The molecule has 2 unspecified atom stereocenters. The molecule has 2 aromatic carbocycles. The van der Waals surface area contributed by atoms with Gasteiger partial charge in [0.25, 0.3) is 0 Å². The normalized spacial score (nSPS) is 24.9. The molecular formula is C37H45NO15. The summed E-state index contributed by atoms with van der Waals surface area (Å²) >= 11 is 0. The molecule has 6 N–H and O–H groups in total. The number of benzene rings is 2. The van der Waals surface area contributed by atoms with Gasteiger partial charge in [0.15, 0.2) is 17.9 Å². The molecule has 1 aliphatic heterocycles. The first-order valence-electron chi connectivity index (χ1n) is 17.4. The second-order valence-electron chi connectivity index (χ2n) is 13.6. The molecule has 0 amide bonds. The monoisotopic (exact) mass is 743 g/mol. The summed E-state index contributed by atoms with van der Waals surface area (Å²) < 4.78 is 27.6. The Kier molecular flexibility index (Phi) is 12.2. The van der Waals surface area contributed by atoms with Gasteiger partial charge < -0.3 is 54.5 Å². The molecule has 53 heavy (non-hydrogen) atoms. The number of hydrogen-bond acceptors (Lipinski definition) is 16. The highest BCUT2D eigenvalue weighted by Gasteiger charge is 2.50. The maximum atomic E-state index is 13.9. The van der Waals surface area contributed by atoms with Gasteiger partial charge in [0.1, 0.15) is 29.5 Å². The number of hydrogen-bond donors (Lipinski definition) is 6. The SMILES string of the molecule is COc1cccc2c1C(=O)c1c(O)c3c(c(O)c1C2=O)CC(O)(C(=O)CO)CC3O[C@H]1C[C@H](NCCCCCC(OC(C)=O)OC(C)=O)[C@H](O)[C@H](C)O1. The van der Waals surface area contributed by atoms with Crippen molar-refractivity contribution in [2.24, 2.45) is 0 Å². The van der Waals surface area contributed by atoms with Crippen molar-refractivity contribution in [1.82, 2.24) is 5.32 Å². The van der Waals surface area contributed by atoms with E-state index in [0.717, 1.165) is 0 Å². The largest absolute Gasteiger partial charge is 0.507 e. The summed E-state index contributed by atoms with van der Waals surface area (Å²) in [5.41, 5.74) is -3.82. The summed E-state index contributed by atoms with van der Waals surface area (Å²) in [6.07, 6.45) is -4.07. The van der Waals surface area contributed by atoms with Crippen LogP contribution in [0.2, 0.25) is 0 Å². The number of methoxy groups -OCH3 is 1. The number of fused-ring (bicyclic) bond motifs is 3. The van der Waals surface area contributed by atoms with E-state index in [4.69, 9.17) is 23.7 Å². The summed E-state index contributed by atoms with van der Waals surface area (Å²) in [5, 5.41) is 58.7.